The maximum absolute atomic E-state index is 15.1. The van der Waals surface area contributed by atoms with E-state index in [-0.39, 0.29) is 19.4 Å². The van der Waals surface area contributed by atoms with E-state index in [1.165, 1.54) is 9.80 Å². The molecule has 3 aliphatic carbocycles. The molecule has 4 amide bonds. The summed E-state index contributed by atoms with van der Waals surface area (Å²) in [4.78, 5) is 64.4. The van der Waals surface area contributed by atoms with Crippen molar-refractivity contribution in [3.05, 3.63) is 47.7 Å². The zero-order valence-corrected chi connectivity index (χ0v) is 32.2. The topological polar surface area (TPSA) is 175 Å². The van der Waals surface area contributed by atoms with Crippen LogP contribution in [0.15, 0.2) is 36.4 Å². The van der Waals surface area contributed by atoms with Gasteiger partial charge in [0.15, 0.2) is 0 Å². The summed E-state index contributed by atoms with van der Waals surface area (Å²) in [5, 5.41) is 14.6. The Bertz CT molecular complexity index is 2060. The largest absolute Gasteiger partial charge is 0.483 e. The highest BCUT2D eigenvalue weighted by Gasteiger charge is 2.64. The molecule has 5 atom stereocenters. The highest BCUT2D eigenvalue weighted by Crippen LogP contribution is 2.49. The summed E-state index contributed by atoms with van der Waals surface area (Å²) in [7, 11) is -3.99. The SMILES string of the molecule is Cc1nc2ccccc2c2c1O[C@]1(CC2)C[C@H]2C(=O)N[C@]3(C(=O)NS(=O)(=O)C4(C)CC4)C[C@H]3/C=C\CCCCC[C@H](N(C(=O)O)C3(C)CCC3)C(=O)N2C1. The van der Waals surface area contributed by atoms with E-state index in [9.17, 15) is 27.9 Å². The molecule has 1 saturated heterocycles. The van der Waals surface area contributed by atoms with Gasteiger partial charge in [0.2, 0.25) is 21.8 Å². The smallest absolute Gasteiger partial charge is 0.408 e. The average molecular weight is 762 g/mol. The van der Waals surface area contributed by atoms with Crippen LogP contribution < -0.4 is 14.8 Å². The van der Waals surface area contributed by atoms with Gasteiger partial charge in [-0.25, -0.2) is 18.2 Å². The van der Waals surface area contributed by atoms with Crippen LogP contribution in [-0.4, -0.2) is 92.2 Å². The first kappa shape index (κ1) is 36.8. The summed E-state index contributed by atoms with van der Waals surface area (Å²) in [5.74, 6) is -1.62. The molecule has 3 aliphatic heterocycles. The number of carbonyl (C=O) groups excluding carboxylic acids is 3. The lowest BCUT2D eigenvalue weighted by molar-refractivity contribution is -0.146. The van der Waals surface area contributed by atoms with Gasteiger partial charge in [0.25, 0.3) is 5.91 Å². The van der Waals surface area contributed by atoms with Crippen molar-refractivity contribution in [3.63, 3.8) is 0 Å². The van der Waals surface area contributed by atoms with Gasteiger partial charge in [-0.1, -0.05) is 43.2 Å². The number of nitrogens with zero attached hydrogens (tertiary/aromatic N) is 3. The number of rotatable bonds is 5. The van der Waals surface area contributed by atoms with Crippen molar-refractivity contribution in [3.8, 4) is 5.75 Å². The second-order valence-electron chi connectivity index (χ2n) is 17.2. The number of nitrogens with one attached hydrogen (secondary N) is 2. The summed E-state index contributed by atoms with van der Waals surface area (Å²) in [6.07, 6.45) is 10.3. The zero-order valence-electron chi connectivity index (χ0n) is 31.4. The van der Waals surface area contributed by atoms with E-state index in [4.69, 9.17) is 9.72 Å². The molecule has 3 N–H and O–H groups in total. The van der Waals surface area contributed by atoms with E-state index < -0.39 is 73.3 Å². The number of aryl methyl sites for hydroxylation is 2. The molecule has 4 heterocycles. The van der Waals surface area contributed by atoms with Crippen LogP contribution in [0, 0.1) is 12.8 Å². The fourth-order valence-corrected chi connectivity index (χ4v) is 10.7. The lowest BCUT2D eigenvalue weighted by Crippen LogP contribution is -2.63. The molecule has 14 heteroatoms. The molecule has 0 radical (unpaired) electrons. The minimum Gasteiger partial charge on any atom is -0.483 e. The van der Waals surface area contributed by atoms with Crippen LogP contribution in [0.5, 0.6) is 5.75 Å². The number of pyridine rings is 1. The normalized spacial score (nSPS) is 32.0. The molecule has 54 heavy (non-hydrogen) atoms. The molecular formula is C40H51N5O8S. The Morgan fingerprint density at radius 1 is 1.04 bits per heavy atom. The fraction of sp³-hybridized carbons (Fsp3) is 0.625. The maximum atomic E-state index is 15.1. The third-order valence-electron chi connectivity index (χ3n) is 13.4. The predicted octanol–water partition coefficient (Wildman–Crippen LogP) is 4.89. The van der Waals surface area contributed by atoms with Gasteiger partial charge in [0, 0.05) is 28.8 Å². The van der Waals surface area contributed by atoms with Crippen molar-refractivity contribution in [2.75, 3.05) is 6.54 Å². The van der Waals surface area contributed by atoms with E-state index in [0.29, 0.717) is 69.2 Å². The van der Waals surface area contributed by atoms with Crippen LogP contribution in [0.4, 0.5) is 4.79 Å². The Hall–Kier alpha value is -4.20. The first-order chi connectivity index (χ1) is 25.6. The van der Waals surface area contributed by atoms with E-state index in [0.717, 1.165) is 35.7 Å². The van der Waals surface area contributed by atoms with Crippen molar-refractivity contribution in [1.29, 1.82) is 0 Å². The van der Waals surface area contributed by atoms with Gasteiger partial charge in [0.05, 0.1) is 22.5 Å². The number of para-hydroxylation sites is 1. The van der Waals surface area contributed by atoms with Gasteiger partial charge in [-0.2, -0.15) is 0 Å². The molecule has 1 aromatic carbocycles. The van der Waals surface area contributed by atoms with Crippen molar-refractivity contribution < 1.29 is 37.4 Å². The Morgan fingerprint density at radius 2 is 1.80 bits per heavy atom. The van der Waals surface area contributed by atoms with Gasteiger partial charge in [-0.05, 0) is 97.5 Å². The quantitative estimate of drug-likeness (QED) is 0.359. The number of hydrogen-bond acceptors (Lipinski definition) is 8. The Kier molecular flexibility index (Phi) is 8.81. The number of ether oxygens (including phenoxy) is 1. The number of benzene rings is 1. The fourth-order valence-electron chi connectivity index (χ4n) is 9.40. The lowest BCUT2D eigenvalue weighted by atomic mass is 9.76. The number of carboxylic acid groups (broad SMARTS) is 1. The molecule has 3 saturated carbocycles. The molecular weight excluding hydrogens is 711 g/mol. The summed E-state index contributed by atoms with van der Waals surface area (Å²) in [6, 6.07) is 5.75. The predicted molar refractivity (Wildman–Crippen MR) is 200 cm³/mol. The highest BCUT2D eigenvalue weighted by molar-refractivity contribution is 7.91. The zero-order chi connectivity index (χ0) is 38.3. The second kappa shape index (κ2) is 12.9. The molecule has 2 aromatic rings. The molecule has 13 nitrogen and oxygen atoms in total. The van der Waals surface area contributed by atoms with Crippen LogP contribution in [0.2, 0.25) is 0 Å². The van der Waals surface area contributed by atoms with E-state index in [1.807, 2.05) is 50.3 Å². The molecule has 1 aromatic heterocycles. The van der Waals surface area contributed by atoms with E-state index >= 15 is 4.79 Å². The number of fused-ring (bicyclic) bond motifs is 5. The molecule has 290 valence electrons. The minimum atomic E-state index is -3.99. The Balaban J connectivity index is 1.17. The van der Waals surface area contributed by atoms with Crippen LogP contribution >= 0.6 is 0 Å². The van der Waals surface area contributed by atoms with E-state index in [1.54, 1.807) is 6.92 Å². The van der Waals surface area contributed by atoms with Gasteiger partial charge >= 0.3 is 6.09 Å². The summed E-state index contributed by atoms with van der Waals surface area (Å²) >= 11 is 0. The van der Waals surface area contributed by atoms with Gasteiger partial charge < -0.3 is 20.1 Å². The number of amides is 4. The third-order valence-corrected chi connectivity index (χ3v) is 15.5. The summed E-state index contributed by atoms with van der Waals surface area (Å²) < 4.78 is 34.6. The Labute approximate surface area is 316 Å². The van der Waals surface area contributed by atoms with Crippen molar-refractivity contribution in [2.24, 2.45) is 5.92 Å². The summed E-state index contributed by atoms with van der Waals surface area (Å²) in [5.41, 5.74) is -0.620. The van der Waals surface area contributed by atoms with Crippen LogP contribution in [-0.2, 0) is 30.8 Å². The average Bonchev–Trinajstić information content (AvgIpc) is 4.01. The molecule has 0 unspecified atom stereocenters. The van der Waals surface area contributed by atoms with Crippen LogP contribution in [0.3, 0.4) is 0 Å². The molecule has 6 aliphatic rings. The number of aromatic nitrogens is 1. The maximum Gasteiger partial charge on any atom is 0.408 e. The van der Waals surface area contributed by atoms with Gasteiger partial charge in [0.1, 0.15) is 29.0 Å². The highest BCUT2D eigenvalue weighted by atomic mass is 32.2. The summed E-state index contributed by atoms with van der Waals surface area (Å²) in [6.45, 7) is 5.42. The van der Waals surface area contributed by atoms with Crippen molar-refractivity contribution in [1.82, 2.24) is 24.8 Å². The number of hydrogen-bond donors (Lipinski definition) is 3. The number of carbonyl (C=O) groups is 4. The molecule has 4 fully saturated rings. The molecule has 0 bridgehead atoms. The van der Waals surface area contributed by atoms with Crippen molar-refractivity contribution >= 4 is 44.7 Å². The third kappa shape index (κ3) is 6.12. The number of sulfonamides is 1. The molecule has 8 rings (SSSR count). The van der Waals surface area contributed by atoms with Crippen molar-refractivity contribution in [2.45, 2.75) is 144 Å². The molecule has 1 spiro atoms. The Morgan fingerprint density at radius 3 is 2.50 bits per heavy atom. The minimum absolute atomic E-state index is 0.0472. The lowest BCUT2D eigenvalue weighted by Gasteiger charge is -2.50. The van der Waals surface area contributed by atoms with Crippen LogP contribution in [0.25, 0.3) is 10.9 Å². The van der Waals surface area contributed by atoms with Gasteiger partial charge in [-0.3, -0.25) is 24.0 Å². The van der Waals surface area contributed by atoms with Crippen LogP contribution in [0.1, 0.15) is 109 Å². The van der Waals surface area contributed by atoms with E-state index in [2.05, 4.69) is 10.0 Å². The van der Waals surface area contributed by atoms with Gasteiger partial charge in [-0.15, -0.1) is 0 Å². The standard InChI is InChI=1S/C40H51N5O8S/c1-25-32-28(27-13-9-10-14-29(27)41-25)16-19-39(53-32)23-31-33(46)42-40(35(48)43-54(51,52)38(3)20-21-38)22-26(40)12-7-5-4-6-8-15-30(34(47)44(31)24-39)45(36(49)50)37(2)17-11-18-37/h7,9-10,12-14,26,30-31H,4-6,8,11,15-24H2,1-3H3,(H,42,46)(H,43,48)(H,49,50)/b12-7-/t26-,30+,31+,39-,40-/m1/s1. The second-order valence-corrected chi connectivity index (χ2v) is 19.4. The number of allylic oxidation sites excluding steroid dienone is 1. The monoisotopic (exact) mass is 761 g/mol. The first-order valence-electron chi connectivity index (χ1n) is 19.6. The first-order valence-corrected chi connectivity index (χ1v) is 21.0.